The minimum Gasteiger partial charge on any atom is -0.479 e. The molecule has 0 aliphatic rings. The lowest BCUT2D eigenvalue weighted by Gasteiger charge is -2.13. The number of nitrogens with one attached hydrogen (secondary N) is 1. The lowest BCUT2D eigenvalue weighted by Crippen LogP contribution is -2.31. The summed E-state index contributed by atoms with van der Waals surface area (Å²) in [5, 5.41) is 4.83. The van der Waals surface area contributed by atoms with Crippen molar-refractivity contribution in [2.24, 2.45) is 0 Å². The van der Waals surface area contributed by atoms with Crippen LogP contribution >= 0.6 is 11.3 Å². The van der Waals surface area contributed by atoms with Crippen molar-refractivity contribution in [3.05, 3.63) is 65.8 Å². The van der Waals surface area contributed by atoms with Crippen molar-refractivity contribution in [1.29, 1.82) is 0 Å². The number of carbonyl (C=O) groups excluding carboxylic acids is 2. The van der Waals surface area contributed by atoms with Crippen LogP contribution < -0.4 is 10.1 Å². The molecule has 0 radical (unpaired) electrons. The number of hydrogen-bond donors (Lipinski definition) is 1. The van der Waals surface area contributed by atoms with Crippen molar-refractivity contribution in [1.82, 2.24) is 4.98 Å². The Labute approximate surface area is 164 Å². The maximum atomic E-state index is 13.5. The number of esters is 1. The molecule has 0 saturated carbocycles. The molecule has 0 aliphatic carbocycles. The van der Waals surface area contributed by atoms with Crippen LogP contribution in [0.3, 0.4) is 0 Å². The molecule has 0 saturated heterocycles. The van der Waals surface area contributed by atoms with Gasteiger partial charge in [-0.05, 0) is 19.1 Å². The van der Waals surface area contributed by atoms with Crippen LogP contribution in [0.15, 0.2) is 60.0 Å². The first-order valence-corrected chi connectivity index (χ1v) is 9.29. The number of halogens is 1. The zero-order valence-corrected chi connectivity index (χ0v) is 15.7. The van der Waals surface area contributed by atoms with Gasteiger partial charge >= 0.3 is 5.97 Å². The molecule has 2 aromatic carbocycles. The second-order valence-corrected chi connectivity index (χ2v) is 6.60. The third-order valence-corrected chi connectivity index (χ3v) is 4.42. The van der Waals surface area contributed by atoms with E-state index in [1.54, 1.807) is 6.07 Å². The van der Waals surface area contributed by atoms with Gasteiger partial charge in [0.25, 0.3) is 5.91 Å². The highest BCUT2D eigenvalue weighted by Crippen LogP contribution is 2.24. The zero-order valence-electron chi connectivity index (χ0n) is 14.9. The van der Waals surface area contributed by atoms with Crippen LogP contribution in [0, 0.1) is 5.82 Å². The largest absolute Gasteiger partial charge is 0.479 e. The quantitative estimate of drug-likeness (QED) is 0.609. The fourth-order valence-electron chi connectivity index (χ4n) is 2.26. The predicted molar refractivity (Wildman–Crippen MR) is 104 cm³/mol. The molecular formula is C20H17FN2O4S. The van der Waals surface area contributed by atoms with Gasteiger partial charge < -0.3 is 9.47 Å². The third-order valence-electron chi connectivity index (χ3n) is 3.66. The van der Waals surface area contributed by atoms with Crippen LogP contribution in [-0.2, 0) is 14.3 Å². The monoisotopic (exact) mass is 400 g/mol. The normalized spacial score (nSPS) is 11.5. The average Bonchev–Trinajstić information content (AvgIpc) is 3.16. The average molecular weight is 400 g/mol. The summed E-state index contributed by atoms with van der Waals surface area (Å²) in [5.74, 6) is -1.95. The number of thiazole rings is 1. The standard InChI is InChI=1S/C20H17FN2O4S/c1-13(27-18(24)11-26-17-10-6-5-9-15(17)21)19(25)23-20-22-16(12-28-20)14-7-3-2-4-8-14/h2-10,12-13H,11H2,1H3,(H,22,23,25)/t13-/m0/s1. The Hall–Kier alpha value is -3.26. The molecule has 28 heavy (non-hydrogen) atoms. The topological polar surface area (TPSA) is 77.5 Å². The van der Waals surface area contributed by atoms with Gasteiger partial charge in [0.1, 0.15) is 0 Å². The lowest BCUT2D eigenvalue weighted by molar-refractivity contribution is -0.155. The number of aromatic nitrogens is 1. The number of rotatable bonds is 7. The molecule has 0 bridgehead atoms. The van der Waals surface area contributed by atoms with Crippen LogP contribution in [-0.4, -0.2) is 29.6 Å². The van der Waals surface area contributed by atoms with Crippen LogP contribution in [0.25, 0.3) is 11.3 Å². The van der Waals surface area contributed by atoms with Crippen LogP contribution in [0.2, 0.25) is 0 Å². The molecule has 1 atom stereocenters. The summed E-state index contributed by atoms with van der Waals surface area (Å²) in [5.41, 5.74) is 1.67. The molecule has 0 spiro atoms. The van der Waals surface area contributed by atoms with E-state index in [1.807, 2.05) is 35.7 Å². The Kier molecular flexibility index (Phi) is 6.33. The highest BCUT2D eigenvalue weighted by molar-refractivity contribution is 7.14. The summed E-state index contributed by atoms with van der Waals surface area (Å²) in [6.07, 6.45) is -1.05. The highest BCUT2D eigenvalue weighted by atomic mass is 32.1. The van der Waals surface area contributed by atoms with Gasteiger partial charge in [-0.3, -0.25) is 10.1 Å². The molecule has 0 unspecified atom stereocenters. The zero-order chi connectivity index (χ0) is 19.9. The van der Waals surface area contributed by atoms with Crippen molar-refractivity contribution in [2.45, 2.75) is 13.0 Å². The lowest BCUT2D eigenvalue weighted by atomic mass is 10.2. The van der Waals surface area contributed by atoms with Gasteiger partial charge in [-0.25, -0.2) is 14.2 Å². The fraction of sp³-hybridized carbons (Fsp3) is 0.150. The Morgan fingerprint density at radius 3 is 2.61 bits per heavy atom. The van der Waals surface area contributed by atoms with Crippen molar-refractivity contribution >= 4 is 28.3 Å². The molecular weight excluding hydrogens is 383 g/mol. The van der Waals surface area contributed by atoms with Gasteiger partial charge in [0, 0.05) is 10.9 Å². The summed E-state index contributed by atoms with van der Waals surface area (Å²) in [7, 11) is 0. The van der Waals surface area contributed by atoms with Crippen molar-refractivity contribution in [3.8, 4) is 17.0 Å². The molecule has 1 heterocycles. The number of para-hydroxylation sites is 1. The van der Waals surface area contributed by atoms with E-state index in [0.29, 0.717) is 5.13 Å². The van der Waals surface area contributed by atoms with Gasteiger partial charge in [-0.15, -0.1) is 11.3 Å². The minimum absolute atomic E-state index is 0.0622. The van der Waals surface area contributed by atoms with E-state index in [1.165, 1.54) is 36.5 Å². The molecule has 1 N–H and O–H groups in total. The Bertz CT molecular complexity index is 962. The maximum Gasteiger partial charge on any atom is 0.344 e. The van der Waals surface area contributed by atoms with Crippen molar-refractivity contribution < 1.29 is 23.5 Å². The smallest absolute Gasteiger partial charge is 0.344 e. The number of benzene rings is 2. The molecule has 0 fully saturated rings. The SMILES string of the molecule is C[C@H](OC(=O)COc1ccccc1F)C(=O)Nc1nc(-c2ccccc2)cs1. The molecule has 0 aliphatic heterocycles. The van der Waals surface area contributed by atoms with Crippen molar-refractivity contribution in [2.75, 3.05) is 11.9 Å². The number of nitrogens with zero attached hydrogens (tertiary/aromatic N) is 1. The Balaban J connectivity index is 1.50. The number of anilines is 1. The van der Waals surface area contributed by atoms with E-state index in [2.05, 4.69) is 10.3 Å². The van der Waals surface area contributed by atoms with E-state index in [4.69, 9.17) is 9.47 Å². The number of carbonyl (C=O) groups is 2. The molecule has 1 amide bonds. The minimum atomic E-state index is -1.05. The first-order chi connectivity index (χ1) is 13.5. The number of amides is 1. The summed E-state index contributed by atoms with van der Waals surface area (Å²) >= 11 is 1.27. The maximum absolute atomic E-state index is 13.5. The number of hydrogen-bond acceptors (Lipinski definition) is 6. The molecule has 8 heteroatoms. The van der Waals surface area contributed by atoms with E-state index in [0.717, 1.165) is 11.3 Å². The molecule has 144 valence electrons. The van der Waals surface area contributed by atoms with Crippen LogP contribution in [0.5, 0.6) is 5.75 Å². The van der Waals surface area contributed by atoms with Crippen molar-refractivity contribution in [3.63, 3.8) is 0 Å². The molecule has 3 rings (SSSR count). The van der Waals surface area contributed by atoms with Gasteiger partial charge in [0.05, 0.1) is 5.69 Å². The van der Waals surface area contributed by atoms with E-state index >= 15 is 0 Å². The van der Waals surface area contributed by atoms with E-state index in [-0.39, 0.29) is 5.75 Å². The van der Waals surface area contributed by atoms with Gasteiger partial charge in [0.15, 0.2) is 29.4 Å². The van der Waals surface area contributed by atoms with E-state index in [9.17, 15) is 14.0 Å². The fourth-order valence-corrected chi connectivity index (χ4v) is 2.99. The Morgan fingerprint density at radius 1 is 1.14 bits per heavy atom. The predicted octanol–water partition coefficient (Wildman–Crippen LogP) is 3.90. The molecule has 1 aromatic heterocycles. The van der Waals surface area contributed by atoms with Crippen LogP contribution in [0.1, 0.15) is 6.92 Å². The molecule has 6 nitrogen and oxygen atoms in total. The summed E-state index contributed by atoms with van der Waals surface area (Å²) < 4.78 is 23.5. The van der Waals surface area contributed by atoms with Gasteiger partial charge in [-0.2, -0.15) is 0 Å². The Morgan fingerprint density at radius 2 is 1.86 bits per heavy atom. The first kappa shape index (κ1) is 19.5. The second kappa shape index (κ2) is 9.09. The summed E-state index contributed by atoms with van der Waals surface area (Å²) in [6.45, 7) is 0.927. The number of ether oxygens (including phenoxy) is 2. The third kappa shape index (κ3) is 5.14. The summed E-state index contributed by atoms with van der Waals surface area (Å²) in [6, 6.07) is 15.2. The molecule has 3 aromatic rings. The summed E-state index contributed by atoms with van der Waals surface area (Å²) in [4.78, 5) is 28.4. The second-order valence-electron chi connectivity index (χ2n) is 5.74. The van der Waals surface area contributed by atoms with Gasteiger partial charge in [-0.1, -0.05) is 42.5 Å². The van der Waals surface area contributed by atoms with Gasteiger partial charge in [0.2, 0.25) is 0 Å². The van der Waals surface area contributed by atoms with Crippen LogP contribution in [0.4, 0.5) is 9.52 Å². The first-order valence-electron chi connectivity index (χ1n) is 8.41. The van der Waals surface area contributed by atoms with E-state index < -0.39 is 30.4 Å². The highest BCUT2D eigenvalue weighted by Gasteiger charge is 2.20.